The molecule has 2 aromatic rings. The monoisotopic (exact) mass is 309 g/mol. The highest BCUT2D eigenvalue weighted by molar-refractivity contribution is 5.79. The first-order valence-electron chi connectivity index (χ1n) is 5.75. The van der Waals surface area contributed by atoms with E-state index in [9.17, 15) is 4.79 Å². The Bertz CT molecular complexity index is 554. The molecule has 3 nitrogen and oxygen atoms in total. The molecule has 18 heavy (non-hydrogen) atoms. The fraction of sp³-hybridized carbons (Fsp3) is 0.286. The minimum atomic E-state index is -0.202. The van der Waals surface area contributed by atoms with Crippen LogP contribution in [0, 0.1) is 6.92 Å². The van der Waals surface area contributed by atoms with E-state index >= 15 is 0 Å². The van der Waals surface area contributed by atoms with Gasteiger partial charge in [0.25, 0.3) is 0 Å². The molecule has 0 spiro atoms. The number of halogens is 1. The summed E-state index contributed by atoms with van der Waals surface area (Å²) < 4.78 is 6.88. The summed E-state index contributed by atoms with van der Waals surface area (Å²) in [6.45, 7) is 4.56. The Morgan fingerprint density at radius 1 is 1.28 bits per heavy atom. The van der Waals surface area contributed by atoms with Crippen molar-refractivity contribution >= 4 is 16.9 Å². The summed E-state index contributed by atoms with van der Waals surface area (Å²) in [6, 6.07) is 10.1. The largest absolute Gasteiger partial charge is 1.00 e. The van der Waals surface area contributed by atoms with Crippen LogP contribution in [0.3, 0.4) is 0 Å². The number of aryl methyl sites for hydroxylation is 1. The number of hydrogen-bond acceptors (Lipinski definition) is 2. The van der Waals surface area contributed by atoms with Gasteiger partial charge in [-0.15, -0.1) is 0 Å². The molecule has 1 aromatic heterocycles. The van der Waals surface area contributed by atoms with Crippen LogP contribution in [0.4, 0.5) is 0 Å². The van der Waals surface area contributed by atoms with Gasteiger partial charge in [0, 0.05) is 17.5 Å². The van der Waals surface area contributed by atoms with Crippen LogP contribution in [0.15, 0.2) is 36.5 Å². The van der Waals surface area contributed by atoms with E-state index in [-0.39, 0.29) is 29.5 Å². The number of nitrogens with zero attached hydrogens (tertiary/aromatic N) is 1. The summed E-state index contributed by atoms with van der Waals surface area (Å²) in [6.07, 6.45) is 1.93. The van der Waals surface area contributed by atoms with Crippen molar-refractivity contribution in [1.29, 1.82) is 0 Å². The molecule has 0 atom stereocenters. The van der Waals surface area contributed by atoms with Crippen molar-refractivity contribution in [3.63, 3.8) is 0 Å². The van der Waals surface area contributed by atoms with Gasteiger partial charge in [-0.2, -0.15) is 4.57 Å². The molecular formula is C14H16BrNO2. The van der Waals surface area contributed by atoms with E-state index in [2.05, 4.69) is 13.0 Å². The molecule has 0 fully saturated rings. The number of ether oxygens (including phenoxy) is 1. The topological polar surface area (TPSA) is 30.2 Å². The molecule has 1 aromatic carbocycles. The van der Waals surface area contributed by atoms with Gasteiger partial charge in [-0.05, 0) is 25.5 Å². The smallest absolute Gasteiger partial charge is 0.372 e. The Hall–Kier alpha value is -1.42. The summed E-state index contributed by atoms with van der Waals surface area (Å²) in [5.74, 6) is -0.202. The number of para-hydroxylation sites is 1. The summed E-state index contributed by atoms with van der Waals surface area (Å²) >= 11 is 0. The Morgan fingerprint density at radius 2 is 2.00 bits per heavy atom. The maximum absolute atomic E-state index is 11.5. The van der Waals surface area contributed by atoms with Crippen LogP contribution in [0.2, 0.25) is 0 Å². The summed E-state index contributed by atoms with van der Waals surface area (Å²) in [7, 11) is 0. The Balaban J connectivity index is 0.00000162. The van der Waals surface area contributed by atoms with Crippen LogP contribution in [0.1, 0.15) is 12.5 Å². The fourth-order valence-corrected chi connectivity index (χ4v) is 1.91. The molecule has 0 aliphatic rings. The first-order valence-corrected chi connectivity index (χ1v) is 5.75. The average Bonchev–Trinajstić information content (AvgIpc) is 2.34. The first-order chi connectivity index (χ1) is 8.22. The molecule has 96 valence electrons. The number of aromatic nitrogens is 1. The minimum Gasteiger partial charge on any atom is -1.00 e. The summed E-state index contributed by atoms with van der Waals surface area (Å²) in [5, 5.41) is 1.17. The maximum atomic E-state index is 11.5. The fourth-order valence-electron chi connectivity index (χ4n) is 1.91. The molecular weight excluding hydrogens is 294 g/mol. The van der Waals surface area contributed by atoms with Gasteiger partial charge in [0.05, 0.1) is 6.61 Å². The van der Waals surface area contributed by atoms with Gasteiger partial charge in [0.1, 0.15) is 0 Å². The van der Waals surface area contributed by atoms with Crippen LogP contribution in [-0.2, 0) is 16.1 Å². The molecule has 4 heteroatoms. The highest BCUT2D eigenvalue weighted by atomic mass is 79.9. The maximum Gasteiger partial charge on any atom is 0.372 e. The lowest BCUT2D eigenvalue weighted by atomic mass is 10.1. The Kier molecular flexibility index (Phi) is 5.28. The number of fused-ring (bicyclic) bond motifs is 1. The van der Waals surface area contributed by atoms with E-state index in [0.717, 1.165) is 5.52 Å². The zero-order valence-electron chi connectivity index (χ0n) is 10.5. The van der Waals surface area contributed by atoms with E-state index in [4.69, 9.17) is 4.74 Å². The second-order valence-corrected chi connectivity index (χ2v) is 3.95. The number of hydrogen-bond donors (Lipinski definition) is 0. The van der Waals surface area contributed by atoms with E-state index in [1.165, 1.54) is 10.9 Å². The van der Waals surface area contributed by atoms with Crippen LogP contribution >= 0.6 is 0 Å². The van der Waals surface area contributed by atoms with Crippen molar-refractivity contribution in [3.8, 4) is 0 Å². The van der Waals surface area contributed by atoms with Gasteiger partial charge < -0.3 is 21.7 Å². The van der Waals surface area contributed by atoms with Gasteiger partial charge in [-0.1, -0.05) is 12.1 Å². The highest BCUT2D eigenvalue weighted by Gasteiger charge is 2.14. The molecule has 0 N–H and O–H groups in total. The molecule has 0 unspecified atom stereocenters. The van der Waals surface area contributed by atoms with E-state index < -0.39 is 0 Å². The van der Waals surface area contributed by atoms with Crippen molar-refractivity contribution < 1.29 is 31.1 Å². The van der Waals surface area contributed by atoms with Gasteiger partial charge in [-0.25, -0.2) is 4.79 Å². The summed E-state index contributed by atoms with van der Waals surface area (Å²) in [5.41, 5.74) is 2.27. The molecule has 0 bridgehead atoms. The molecule has 1 heterocycles. The average molecular weight is 310 g/mol. The van der Waals surface area contributed by atoms with Crippen molar-refractivity contribution in [2.75, 3.05) is 6.61 Å². The molecule has 0 amide bonds. The lowest BCUT2D eigenvalue weighted by Crippen LogP contribution is -3.00. The van der Waals surface area contributed by atoms with Crippen molar-refractivity contribution in [2.45, 2.75) is 20.4 Å². The summed E-state index contributed by atoms with van der Waals surface area (Å²) in [4.78, 5) is 11.5. The van der Waals surface area contributed by atoms with Gasteiger partial charge in [-0.3, -0.25) is 0 Å². The molecule has 0 aliphatic carbocycles. The van der Waals surface area contributed by atoms with Crippen molar-refractivity contribution in [2.24, 2.45) is 0 Å². The number of benzene rings is 1. The van der Waals surface area contributed by atoms with E-state index in [1.807, 2.05) is 42.0 Å². The lowest BCUT2D eigenvalue weighted by Gasteiger charge is -2.03. The zero-order chi connectivity index (χ0) is 12.3. The normalized spacial score (nSPS) is 9.89. The standard InChI is InChI=1S/C14H16NO2.BrH/c1-3-17-14(16)10-15-9-8-11(2)12-6-4-5-7-13(12)15;/h4-9H,3,10H2,1-2H3;1H/q+1;/p-1. The quantitative estimate of drug-likeness (QED) is 0.538. The third-order valence-corrected chi connectivity index (χ3v) is 2.75. The minimum absolute atomic E-state index is 0. The second kappa shape index (κ2) is 6.50. The van der Waals surface area contributed by atoms with E-state index in [1.54, 1.807) is 0 Å². The van der Waals surface area contributed by atoms with Crippen LogP contribution in [-0.4, -0.2) is 12.6 Å². The third-order valence-electron chi connectivity index (χ3n) is 2.75. The third kappa shape index (κ3) is 3.07. The molecule has 2 rings (SSSR count). The molecule has 0 saturated carbocycles. The molecule has 0 saturated heterocycles. The number of carbonyl (C=O) groups excluding carboxylic acids is 1. The van der Waals surface area contributed by atoms with Crippen molar-refractivity contribution in [1.82, 2.24) is 0 Å². The van der Waals surface area contributed by atoms with Crippen molar-refractivity contribution in [3.05, 3.63) is 42.1 Å². The SMILES string of the molecule is CCOC(=O)C[n+]1ccc(C)c2ccccc21.[Br-]. The van der Waals surface area contributed by atoms with Crippen LogP contribution in [0.5, 0.6) is 0 Å². The predicted molar refractivity (Wildman–Crippen MR) is 65.5 cm³/mol. The molecule has 0 aliphatic heterocycles. The van der Waals surface area contributed by atoms with Crippen LogP contribution < -0.4 is 21.5 Å². The van der Waals surface area contributed by atoms with Gasteiger partial charge in [0.15, 0.2) is 6.20 Å². The predicted octanol–water partition coefficient (Wildman–Crippen LogP) is -0.997. The Morgan fingerprint density at radius 3 is 2.72 bits per heavy atom. The number of rotatable bonds is 3. The lowest BCUT2D eigenvalue weighted by molar-refractivity contribution is -0.660. The Labute approximate surface area is 117 Å². The van der Waals surface area contributed by atoms with Gasteiger partial charge in [0.2, 0.25) is 12.1 Å². The second-order valence-electron chi connectivity index (χ2n) is 3.95. The number of pyridine rings is 1. The zero-order valence-corrected chi connectivity index (χ0v) is 12.1. The number of esters is 1. The number of carbonyl (C=O) groups is 1. The van der Waals surface area contributed by atoms with Gasteiger partial charge >= 0.3 is 5.97 Å². The van der Waals surface area contributed by atoms with Crippen LogP contribution in [0.25, 0.3) is 10.9 Å². The molecule has 0 radical (unpaired) electrons. The highest BCUT2D eigenvalue weighted by Crippen LogP contribution is 2.13. The van der Waals surface area contributed by atoms with E-state index in [0.29, 0.717) is 6.61 Å². The first kappa shape index (κ1) is 14.6.